The Bertz CT molecular complexity index is 981. The second kappa shape index (κ2) is 12.0. The molecule has 1 atom stereocenters. The molecule has 0 saturated carbocycles. The van der Waals surface area contributed by atoms with Crippen molar-refractivity contribution >= 4 is 26.0 Å². The summed E-state index contributed by atoms with van der Waals surface area (Å²) in [6.45, 7) is 7.02. The molecule has 196 valence electrons. The second-order valence-corrected chi connectivity index (χ2v) is 10.7. The van der Waals surface area contributed by atoms with Gasteiger partial charge < -0.3 is 13.3 Å². The quantitative estimate of drug-likeness (QED) is 0.153. The van der Waals surface area contributed by atoms with Crippen LogP contribution in [0.1, 0.15) is 24.9 Å². The van der Waals surface area contributed by atoms with Gasteiger partial charge in [-0.2, -0.15) is 26.3 Å². The first kappa shape index (κ1) is 31.8. The van der Waals surface area contributed by atoms with Crippen LogP contribution in [0, 0.1) is 0 Å². The molecule has 1 aromatic carbocycles. The first-order chi connectivity index (χ1) is 15.2. The number of benzene rings is 1. The fraction of sp³-hybridized carbons (Fsp3) is 0.500. The van der Waals surface area contributed by atoms with Crippen LogP contribution in [-0.4, -0.2) is 65.6 Å². The van der Waals surface area contributed by atoms with Crippen LogP contribution < -0.4 is 0 Å². The van der Waals surface area contributed by atoms with E-state index < -0.39 is 31.1 Å². The number of ether oxygens (including phenoxy) is 1. The maximum absolute atomic E-state index is 11.4. The van der Waals surface area contributed by atoms with Gasteiger partial charge in [-0.15, -0.1) is 0 Å². The largest absolute Gasteiger partial charge is 0.480 e. The van der Waals surface area contributed by atoms with Gasteiger partial charge in [-0.25, -0.2) is 21.6 Å². The summed E-state index contributed by atoms with van der Waals surface area (Å²) in [5.74, 6) is -0.346. The maximum Gasteiger partial charge on any atom is 0.480 e. The van der Waals surface area contributed by atoms with Crippen molar-refractivity contribution in [2.45, 2.75) is 30.4 Å². The first-order valence-corrected chi connectivity index (χ1v) is 12.1. The zero-order valence-electron chi connectivity index (χ0n) is 18.3. The van der Waals surface area contributed by atoms with Gasteiger partial charge >= 0.3 is 17.0 Å². The topological polar surface area (TPSA) is 109 Å². The number of halogens is 6. The molecule has 0 bridgehead atoms. The van der Waals surface area contributed by atoms with E-state index in [0.29, 0.717) is 12.6 Å². The molecule has 8 nitrogen and oxygen atoms in total. The smallest absolute Gasteiger partial charge is 0.462 e. The summed E-state index contributed by atoms with van der Waals surface area (Å²) >= 11 is 0. The van der Waals surface area contributed by atoms with Crippen LogP contribution in [0.4, 0.5) is 26.3 Å². The predicted molar refractivity (Wildman–Crippen MR) is 111 cm³/mol. The Morgan fingerprint density at radius 1 is 1.03 bits per heavy atom. The van der Waals surface area contributed by atoms with Gasteiger partial charge in [-0.05, 0) is 6.92 Å². The van der Waals surface area contributed by atoms with Gasteiger partial charge in [0.1, 0.15) is 6.04 Å². The molecule has 0 aliphatic rings. The molecule has 0 aliphatic heterocycles. The zero-order chi connectivity index (χ0) is 27.0. The van der Waals surface area contributed by atoms with Crippen molar-refractivity contribution in [3.63, 3.8) is 0 Å². The lowest BCUT2D eigenvalue weighted by Gasteiger charge is -2.36. The minimum atomic E-state index is -6.72. The van der Waals surface area contributed by atoms with Crippen LogP contribution in [0.3, 0.4) is 0 Å². The number of nitrogens with zero attached hydrogens (tertiary/aromatic N) is 2. The highest BCUT2D eigenvalue weighted by Crippen LogP contribution is 2.36. The number of alkyl halides is 6. The van der Waals surface area contributed by atoms with Crippen molar-refractivity contribution in [2.24, 2.45) is 0 Å². The number of hydrogen-bond donors (Lipinski definition) is 0. The Kier molecular flexibility index (Phi) is 11.2. The molecule has 34 heavy (non-hydrogen) atoms. The SMILES string of the molecule is C=CC(=O)OCCC[N+](C)(C)C(C)c1ccccc1.O=S(=O)([N-]S(=O)(=O)C(F)(F)F)C(F)(F)F. The average molecular weight is 543 g/mol. The lowest BCUT2D eigenvalue weighted by atomic mass is 10.1. The third kappa shape index (κ3) is 9.99. The van der Waals surface area contributed by atoms with E-state index in [1.165, 1.54) is 11.6 Å². The highest BCUT2D eigenvalue weighted by Gasteiger charge is 2.46. The van der Waals surface area contributed by atoms with Gasteiger partial charge in [0, 0.05) is 18.1 Å². The van der Waals surface area contributed by atoms with Crippen LogP contribution in [-0.2, 0) is 29.6 Å². The summed E-state index contributed by atoms with van der Waals surface area (Å²) in [5.41, 5.74) is -11.1. The predicted octanol–water partition coefficient (Wildman–Crippen LogP) is 4.00. The first-order valence-electron chi connectivity index (χ1n) is 9.21. The van der Waals surface area contributed by atoms with Gasteiger partial charge in [-0.1, -0.05) is 36.9 Å². The van der Waals surface area contributed by atoms with E-state index in [2.05, 4.69) is 51.9 Å². The number of sulfonamides is 2. The van der Waals surface area contributed by atoms with Crippen molar-refractivity contribution in [3.8, 4) is 0 Å². The molecule has 0 aromatic heterocycles. The van der Waals surface area contributed by atoms with Crippen molar-refractivity contribution in [1.82, 2.24) is 0 Å². The van der Waals surface area contributed by atoms with E-state index in [0.717, 1.165) is 21.6 Å². The van der Waals surface area contributed by atoms with E-state index in [9.17, 15) is 48.0 Å². The zero-order valence-corrected chi connectivity index (χ0v) is 19.9. The molecule has 0 amide bonds. The molecule has 0 N–H and O–H groups in total. The summed E-state index contributed by atoms with van der Waals surface area (Å²) in [6, 6.07) is 10.9. The Morgan fingerprint density at radius 2 is 1.47 bits per heavy atom. The molecule has 0 heterocycles. The summed E-state index contributed by atoms with van der Waals surface area (Å²) in [5, 5.41) is 0. The third-order valence-electron chi connectivity index (χ3n) is 4.40. The van der Waals surface area contributed by atoms with Gasteiger partial charge in [0.25, 0.3) is 0 Å². The molecule has 0 aliphatic carbocycles. The van der Waals surface area contributed by atoms with Crippen LogP contribution in [0.15, 0.2) is 43.0 Å². The Hall–Kier alpha value is -2.17. The van der Waals surface area contributed by atoms with Crippen molar-refractivity contribution in [3.05, 3.63) is 52.7 Å². The molecule has 0 radical (unpaired) electrons. The normalized spacial score (nSPS) is 13.9. The van der Waals surface area contributed by atoms with Crippen LogP contribution in [0.25, 0.3) is 4.13 Å². The highest BCUT2D eigenvalue weighted by molar-refractivity contribution is 8.13. The van der Waals surface area contributed by atoms with Crippen LogP contribution >= 0.6 is 0 Å². The minimum absolute atomic E-state index is 0.346. The summed E-state index contributed by atoms with van der Waals surface area (Å²) in [6.07, 6.45) is 2.05. The highest BCUT2D eigenvalue weighted by atomic mass is 32.3. The fourth-order valence-electron chi connectivity index (χ4n) is 2.25. The lowest BCUT2D eigenvalue weighted by molar-refractivity contribution is -0.919. The molecule has 16 heteroatoms. The Labute approximate surface area is 193 Å². The van der Waals surface area contributed by atoms with Gasteiger partial charge in [0.05, 0.1) is 27.2 Å². The molecule has 0 spiro atoms. The van der Waals surface area contributed by atoms with Crippen molar-refractivity contribution in [2.75, 3.05) is 27.2 Å². The Morgan fingerprint density at radius 3 is 1.85 bits per heavy atom. The van der Waals surface area contributed by atoms with Gasteiger partial charge in [-0.3, -0.25) is 0 Å². The van der Waals surface area contributed by atoms with E-state index in [1.807, 2.05) is 6.07 Å². The average Bonchev–Trinajstić information content (AvgIpc) is 2.69. The summed E-state index contributed by atoms with van der Waals surface area (Å²) in [4.78, 5) is 10.9. The van der Waals surface area contributed by atoms with Crippen LogP contribution in [0.5, 0.6) is 0 Å². The lowest BCUT2D eigenvalue weighted by Crippen LogP contribution is -2.43. The van der Waals surface area contributed by atoms with E-state index >= 15 is 0 Å². The summed E-state index contributed by atoms with van der Waals surface area (Å²) < 4.78 is 115. The Balaban J connectivity index is 0.000000661. The number of hydrogen-bond acceptors (Lipinski definition) is 6. The van der Waals surface area contributed by atoms with Gasteiger partial charge in [0.2, 0.25) is 0 Å². The molecule has 0 saturated heterocycles. The molecule has 1 rings (SSSR count). The van der Waals surface area contributed by atoms with Crippen molar-refractivity contribution in [1.29, 1.82) is 0 Å². The number of carbonyl (C=O) groups is 1. The number of rotatable bonds is 9. The molecular weight excluding hydrogens is 518 g/mol. The maximum atomic E-state index is 11.4. The number of carbonyl (C=O) groups excluding carboxylic acids is 1. The monoisotopic (exact) mass is 542 g/mol. The third-order valence-corrected chi connectivity index (χ3v) is 7.14. The molecule has 1 aromatic rings. The van der Waals surface area contributed by atoms with Gasteiger partial charge in [0.15, 0.2) is 20.0 Å². The summed E-state index contributed by atoms with van der Waals surface area (Å²) in [7, 11) is -9.04. The van der Waals surface area contributed by atoms with E-state index in [-0.39, 0.29) is 5.97 Å². The van der Waals surface area contributed by atoms with Crippen molar-refractivity contribution < 1.29 is 57.2 Å². The standard InChI is InChI=1S/C16H24NO2.C2F6NO4S2/c1-5-16(18)19-13-9-12-17(3,4)14(2)15-10-7-6-8-11-15;3-1(4,5)14(10,11)9-15(12,13)2(6,7)8/h5-8,10-11,14H,1,9,12-13H2,2-4H3;/q+1;-1. The minimum Gasteiger partial charge on any atom is -0.462 e. The molecule has 1 unspecified atom stereocenters. The molecular formula is C18H24F6N2O6S2. The van der Waals surface area contributed by atoms with Crippen LogP contribution in [0.2, 0.25) is 0 Å². The fourth-order valence-corrected chi connectivity index (χ4v) is 3.96. The second-order valence-electron chi connectivity index (χ2n) is 7.23. The van der Waals surface area contributed by atoms with E-state index in [1.54, 1.807) is 0 Å². The number of esters is 1. The van der Waals surface area contributed by atoms with E-state index in [4.69, 9.17) is 4.74 Å². The number of quaternary nitrogens is 1. The molecule has 0 fully saturated rings.